The average molecular weight is 395 g/mol. The van der Waals surface area contributed by atoms with E-state index in [1.54, 1.807) is 11.4 Å². The Hall–Kier alpha value is -3.62. The SMILES string of the molecule is COC(=O)CCn1c(=O)c2c(nc3n(-c4ccc(C)cc4)c(C)cn23)n(C)c1=O. The van der Waals surface area contributed by atoms with E-state index in [2.05, 4.69) is 9.72 Å². The topological polar surface area (TPSA) is 92.5 Å². The Morgan fingerprint density at radius 1 is 1.14 bits per heavy atom. The summed E-state index contributed by atoms with van der Waals surface area (Å²) in [5.74, 6) is 0.0537. The van der Waals surface area contributed by atoms with Crippen molar-refractivity contribution in [3.8, 4) is 5.69 Å². The van der Waals surface area contributed by atoms with Gasteiger partial charge in [0.2, 0.25) is 5.78 Å². The number of imidazole rings is 2. The fourth-order valence-electron chi connectivity index (χ4n) is 3.53. The molecule has 29 heavy (non-hydrogen) atoms. The van der Waals surface area contributed by atoms with Crippen LogP contribution in [0.5, 0.6) is 0 Å². The molecule has 1 aromatic carbocycles. The van der Waals surface area contributed by atoms with Crippen LogP contribution in [0.15, 0.2) is 40.1 Å². The molecule has 0 atom stereocenters. The molecule has 0 amide bonds. The van der Waals surface area contributed by atoms with Crippen LogP contribution in [0, 0.1) is 13.8 Å². The van der Waals surface area contributed by atoms with Gasteiger partial charge >= 0.3 is 11.7 Å². The number of hydrogen-bond donors (Lipinski definition) is 0. The van der Waals surface area contributed by atoms with Crippen molar-refractivity contribution in [2.45, 2.75) is 26.8 Å². The number of ether oxygens (including phenoxy) is 1. The first kappa shape index (κ1) is 18.7. The molecule has 9 nitrogen and oxygen atoms in total. The number of carbonyl (C=O) groups excluding carboxylic acids is 1. The van der Waals surface area contributed by atoms with Gasteiger partial charge < -0.3 is 4.74 Å². The maximum absolute atomic E-state index is 13.1. The highest BCUT2D eigenvalue weighted by molar-refractivity contribution is 5.76. The van der Waals surface area contributed by atoms with E-state index in [-0.39, 0.29) is 13.0 Å². The number of carbonyl (C=O) groups is 1. The molecule has 0 aliphatic rings. The van der Waals surface area contributed by atoms with Crippen LogP contribution in [-0.2, 0) is 23.1 Å². The van der Waals surface area contributed by atoms with Gasteiger partial charge in [-0.1, -0.05) is 17.7 Å². The minimum atomic E-state index is -0.522. The summed E-state index contributed by atoms with van der Waals surface area (Å²) >= 11 is 0. The van der Waals surface area contributed by atoms with Gasteiger partial charge in [-0.05, 0) is 26.0 Å². The number of methoxy groups -OCH3 is 1. The molecule has 0 fully saturated rings. The Balaban J connectivity index is 1.99. The number of aromatic nitrogens is 5. The molecule has 4 rings (SSSR count). The number of esters is 1. The number of hydrogen-bond acceptors (Lipinski definition) is 5. The minimum absolute atomic E-state index is 0.0565. The first-order valence-electron chi connectivity index (χ1n) is 9.17. The van der Waals surface area contributed by atoms with Crippen LogP contribution in [-0.4, -0.2) is 36.2 Å². The Bertz CT molecular complexity index is 1370. The molecule has 150 valence electrons. The molecule has 3 heterocycles. The maximum atomic E-state index is 13.1. The van der Waals surface area contributed by atoms with Crippen molar-refractivity contribution in [2.75, 3.05) is 7.11 Å². The molecule has 0 N–H and O–H groups in total. The van der Waals surface area contributed by atoms with Crippen LogP contribution in [0.25, 0.3) is 22.6 Å². The molecule has 0 aliphatic carbocycles. The normalized spacial score (nSPS) is 11.4. The summed E-state index contributed by atoms with van der Waals surface area (Å²) in [4.78, 5) is 41.9. The van der Waals surface area contributed by atoms with Gasteiger partial charge in [-0.15, -0.1) is 0 Å². The third kappa shape index (κ3) is 2.86. The van der Waals surface area contributed by atoms with E-state index in [0.717, 1.165) is 21.5 Å². The highest BCUT2D eigenvalue weighted by Gasteiger charge is 2.21. The van der Waals surface area contributed by atoms with Crippen molar-refractivity contribution in [1.82, 2.24) is 23.1 Å². The van der Waals surface area contributed by atoms with E-state index >= 15 is 0 Å². The average Bonchev–Trinajstić information content (AvgIpc) is 3.21. The van der Waals surface area contributed by atoms with E-state index in [0.29, 0.717) is 16.9 Å². The first-order valence-corrected chi connectivity index (χ1v) is 9.17. The summed E-state index contributed by atoms with van der Waals surface area (Å²) in [6.07, 6.45) is 1.75. The zero-order valence-corrected chi connectivity index (χ0v) is 16.7. The second-order valence-electron chi connectivity index (χ2n) is 7.02. The van der Waals surface area contributed by atoms with Crippen molar-refractivity contribution in [3.05, 3.63) is 62.6 Å². The number of fused-ring (bicyclic) bond motifs is 3. The highest BCUT2D eigenvalue weighted by Crippen LogP contribution is 2.21. The number of rotatable bonds is 4. The smallest absolute Gasteiger partial charge is 0.332 e. The monoisotopic (exact) mass is 395 g/mol. The molecule has 3 aromatic heterocycles. The summed E-state index contributed by atoms with van der Waals surface area (Å²) in [5.41, 5.74) is 2.53. The zero-order valence-electron chi connectivity index (χ0n) is 16.7. The maximum Gasteiger partial charge on any atom is 0.332 e. The van der Waals surface area contributed by atoms with E-state index in [9.17, 15) is 14.4 Å². The molecule has 0 saturated heterocycles. The quantitative estimate of drug-likeness (QED) is 0.486. The molecule has 9 heteroatoms. The lowest BCUT2D eigenvalue weighted by Gasteiger charge is -2.07. The van der Waals surface area contributed by atoms with Crippen molar-refractivity contribution in [2.24, 2.45) is 7.05 Å². The van der Waals surface area contributed by atoms with Gasteiger partial charge in [-0.2, -0.15) is 4.98 Å². The van der Waals surface area contributed by atoms with Crippen molar-refractivity contribution >= 4 is 22.9 Å². The second kappa shape index (κ2) is 6.77. The largest absolute Gasteiger partial charge is 0.469 e. The molecule has 0 saturated carbocycles. The fraction of sp³-hybridized carbons (Fsp3) is 0.300. The zero-order chi connectivity index (χ0) is 20.9. The number of nitrogens with zero attached hydrogens (tertiary/aromatic N) is 5. The van der Waals surface area contributed by atoms with Crippen LogP contribution in [0.2, 0.25) is 0 Å². The van der Waals surface area contributed by atoms with Gasteiger partial charge in [0.25, 0.3) is 5.56 Å². The van der Waals surface area contributed by atoms with E-state index < -0.39 is 17.2 Å². The van der Waals surface area contributed by atoms with E-state index in [4.69, 9.17) is 0 Å². The van der Waals surface area contributed by atoms with Crippen LogP contribution < -0.4 is 11.2 Å². The Labute approximate surface area is 165 Å². The van der Waals surface area contributed by atoms with Crippen LogP contribution in [0.1, 0.15) is 17.7 Å². The summed E-state index contributed by atoms with van der Waals surface area (Å²) in [5, 5.41) is 0. The molecule has 0 radical (unpaired) electrons. The fourth-order valence-corrected chi connectivity index (χ4v) is 3.53. The Morgan fingerprint density at radius 2 is 1.83 bits per heavy atom. The van der Waals surface area contributed by atoms with Crippen LogP contribution in [0.3, 0.4) is 0 Å². The van der Waals surface area contributed by atoms with Crippen molar-refractivity contribution < 1.29 is 9.53 Å². The molecule has 0 unspecified atom stereocenters. The number of aryl methyl sites for hydroxylation is 3. The Kier molecular flexibility index (Phi) is 4.37. The van der Waals surface area contributed by atoms with Gasteiger partial charge in [0.15, 0.2) is 11.2 Å². The predicted molar refractivity (Wildman–Crippen MR) is 108 cm³/mol. The molecule has 0 spiro atoms. The summed E-state index contributed by atoms with van der Waals surface area (Å²) < 4.78 is 10.6. The third-order valence-corrected chi connectivity index (χ3v) is 5.09. The van der Waals surface area contributed by atoms with E-state index in [1.165, 1.54) is 11.7 Å². The lowest BCUT2D eigenvalue weighted by atomic mass is 10.2. The minimum Gasteiger partial charge on any atom is -0.469 e. The Morgan fingerprint density at radius 3 is 2.48 bits per heavy atom. The molecule has 4 aromatic rings. The molecule has 0 aliphatic heterocycles. The van der Waals surface area contributed by atoms with Crippen molar-refractivity contribution in [1.29, 1.82) is 0 Å². The summed E-state index contributed by atoms with van der Waals surface area (Å²) in [6.45, 7) is 3.88. The third-order valence-electron chi connectivity index (χ3n) is 5.09. The first-order chi connectivity index (χ1) is 13.8. The van der Waals surface area contributed by atoms with Crippen LogP contribution >= 0.6 is 0 Å². The van der Waals surface area contributed by atoms with Crippen molar-refractivity contribution in [3.63, 3.8) is 0 Å². The number of benzene rings is 1. The standard InChI is InChI=1S/C20H21N5O4/c1-12-5-7-14(8-6-12)25-13(2)11-24-16-17(21-19(24)25)22(3)20(28)23(18(16)27)10-9-15(26)29-4/h5-8,11H,9-10H2,1-4H3. The van der Waals surface area contributed by atoms with E-state index in [1.807, 2.05) is 48.9 Å². The highest BCUT2D eigenvalue weighted by atomic mass is 16.5. The second-order valence-corrected chi connectivity index (χ2v) is 7.02. The van der Waals surface area contributed by atoms with Gasteiger partial charge in [0.1, 0.15) is 0 Å². The molecular formula is C20H21N5O4. The van der Waals surface area contributed by atoms with Gasteiger partial charge in [-0.3, -0.25) is 27.7 Å². The van der Waals surface area contributed by atoms with Crippen LogP contribution in [0.4, 0.5) is 0 Å². The van der Waals surface area contributed by atoms with Gasteiger partial charge in [-0.25, -0.2) is 4.79 Å². The van der Waals surface area contributed by atoms with Gasteiger partial charge in [0, 0.05) is 31.2 Å². The molecular weight excluding hydrogens is 374 g/mol. The lowest BCUT2D eigenvalue weighted by molar-refractivity contribution is -0.140. The lowest BCUT2D eigenvalue weighted by Crippen LogP contribution is -2.39. The summed E-state index contributed by atoms with van der Waals surface area (Å²) in [6, 6.07) is 7.97. The predicted octanol–water partition coefficient (Wildman–Crippen LogP) is 1.32. The van der Waals surface area contributed by atoms with Gasteiger partial charge in [0.05, 0.1) is 13.5 Å². The molecule has 0 bridgehead atoms. The summed E-state index contributed by atoms with van der Waals surface area (Å²) in [7, 11) is 2.83.